The van der Waals surface area contributed by atoms with Crippen molar-refractivity contribution in [2.24, 2.45) is 5.41 Å². The molecule has 1 fully saturated rings. The Balaban J connectivity index is 1.83. The standard InChI is InChI=1S/C13H19N3O3S/c1-9-15-10(7-20-9)6-16(2)12(19)14-8-13(11(17)18)4-3-5-13/h7H,3-6,8H2,1-2H3,(H,14,19)(H,17,18). The van der Waals surface area contributed by atoms with Gasteiger partial charge in [0, 0.05) is 19.0 Å². The SMILES string of the molecule is Cc1nc(CN(C)C(=O)NCC2(C(=O)O)CCC2)cs1. The van der Waals surface area contributed by atoms with Crippen LogP contribution in [0.5, 0.6) is 0 Å². The third kappa shape index (κ3) is 3.09. The molecule has 0 saturated heterocycles. The Morgan fingerprint density at radius 1 is 1.55 bits per heavy atom. The monoisotopic (exact) mass is 297 g/mol. The molecular weight excluding hydrogens is 278 g/mol. The number of nitrogens with zero attached hydrogens (tertiary/aromatic N) is 2. The first-order chi connectivity index (χ1) is 9.43. The fourth-order valence-electron chi connectivity index (χ4n) is 2.25. The Kier molecular flexibility index (Phi) is 4.27. The second-order valence-electron chi connectivity index (χ2n) is 5.31. The van der Waals surface area contributed by atoms with Gasteiger partial charge in [-0.2, -0.15) is 0 Å². The fraction of sp³-hybridized carbons (Fsp3) is 0.615. The van der Waals surface area contributed by atoms with Crippen LogP contribution in [-0.4, -0.2) is 40.6 Å². The minimum Gasteiger partial charge on any atom is -0.481 e. The molecule has 110 valence electrons. The third-order valence-corrected chi connectivity index (χ3v) is 4.58. The van der Waals surface area contributed by atoms with Crippen LogP contribution in [0.15, 0.2) is 5.38 Å². The fourth-order valence-corrected chi connectivity index (χ4v) is 2.85. The van der Waals surface area contributed by atoms with E-state index in [1.807, 2.05) is 12.3 Å². The molecule has 2 rings (SSSR count). The zero-order chi connectivity index (χ0) is 14.8. The van der Waals surface area contributed by atoms with Gasteiger partial charge in [0.25, 0.3) is 0 Å². The molecule has 0 radical (unpaired) electrons. The Morgan fingerprint density at radius 2 is 2.25 bits per heavy atom. The lowest BCUT2D eigenvalue weighted by atomic mass is 9.69. The second kappa shape index (κ2) is 5.78. The molecule has 2 N–H and O–H groups in total. The normalized spacial score (nSPS) is 16.3. The molecule has 0 aliphatic heterocycles. The second-order valence-corrected chi connectivity index (χ2v) is 6.37. The van der Waals surface area contributed by atoms with Crippen LogP contribution in [0.3, 0.4) is 0 Å². The summed E-state index contributed by atoms with van der Waals surface area (Å²) in [5, 5.41) is 14.8. The number of hydrogen-bond acceptors (Lipinski definition) is 4. The number of hydrogen-bond donors (Lipinski definition) is 2. The average Bonchev–Trinajstić information content (AvgIpc) is 2.72. The van der Waals surface area contributed by atoms with Gasteiger partial charge >= 0.3 is 12.0 Å². The molecule has 6 nitrogen and oxygen atoms in total. The number of amides is 2. The van der Waals surface area contributed by atoms with Gasteiger partial charge < -0.3 is 15.3 Å². The lowest BCUT2D eigenvalue weighted by molar-refractivity contribution is -0.153. The van der Waals surface area contributed by atoms with E-state index in [2.05, 4.69) is 10.3 Å². The Hall–Kier alpha value is -1.63. The quantitative estimate of drug-likeness (QED) is 0.869. The molecule has 0 aromatic carbocycles. The first kappa shape index (κ1) is 14.8. The van der Waals surface area contributed by atoms with Crippen molar-refractivity contribution in [3.8, 4) is 0 Å². The van der Waals surface area contributed by atoms with Crippen molar-refractivity contribution in [3.63, 3.8) is 0 Å². The van der Waals surface area contributed by atoms with Crippen molar-refractivity contribution in [1.29, 1.82) is 0 Å². The van der Waals surface area contributed by atoms with Gasteiger partial charge in [0.1, 0.15) is 0 Å². The molecule has 1 saturated carbocycles. The summed E-state index contributed by atoms with van der Waals surface area (Å²) in [6, 6.07) is -0.261. The van der Waals surface area contributed by atoms with Crippen molar-refractivity contribution in [3.05, 3.63) is 16.1 Å². The number of aromatic nitrogens is 1. The van der Waals surface area contributed by atoms with Crippen LogP contribution < -0.4 is 5.32 Å². The van der Waals surface area contributed by atoms with Crippen molar-refractivity contribution >= 4 is 23.3 Å². The van der Waals surface area contributed by atoms with Crippen molar-refractivity contribution in [2.45, 2.75) is 32.7 Å². The van der Waals surface area contributed by atoms with Gasteiger partial charge in [-0.05, 0) is 19.8 Å². The molecular formula is C13H19N3O3S. The van der Waals surface area contributed by atoms with Crippen molar-refractivity contribution in [2.75, 3.05) is 13.6 Å². The molecule has 0 atom stereocenters. The Morgan fingerprint density at radius 3 is 2.70 bits per heavy atom. The van der Waals surface area contributed by atoms with E-state index >= 15 is 0 Å². The van der Waals surface area contributed by atoms with Gasteiger partial charge in [-0.15, -0.1) is 11.3 Å². The van der Waals surface area contributed by atoms with Crippen molar-refractivity contribution < 1.29 is 14.7 Å². The lowest BCUT2D eigenvalue weighted by Crippen LogP contribution is -2.49. The highest BCUT2D eigenvalue weighted by Crippen LogP contribution is 2.40. The van der Waals surface area contributed by atoms with Gasteiger partial charge in [-0.3, -0.25) is 4.79 Å². The molecule has 20 heavy (non-hydrogen) atoms. The van der Waals surface area contributed by atoms with Crippen LogP contribution in [0.4, 0.5) is 4.79 Å². The molecule has 1 aromatic heterocycles. The maximum absolute atomic E-state index is 12.0. The molecule has 1 heterocycles. The number of carboxylic acids is 1. The van der Waals surface area contributed by atoms with E-state index in [0.717, 1.165) is 17.1 Å². The highest BCUT2D eigenvalue weighted by atomic mass is 32.1. The predicted molar refractivity (Wildman–Crippen MR) is 75.6 cm³/mol. The Bertz CT molecular complexity index is 511. The van der Waals surface area contributed by atoms with E-state index < -0.39 is 11.4 Å². The number of aliphatic carboxylic acids is 1. The number of carbonyl (C=O) groups is 2. The molecule has 2 amide bonds. The summed E-state index contributed by atoms with van der Waals surface area (Å²) in [4.78, 5) is 29.0. The van der Waals surface area contributed by atoms with Gasteiger partial charge in [-0.1, -0.05) is 6.42 Å². The highest BCUT2D eigenvalue weighted by molar-refractivity contribution is 7.09. The number of aryl methyl sites for hydroxylation is 1. The van der Waals surface area contributed by atoms with E-state index in [1.54, 1.807) is 18.4 Å². The van der Waals surface area contributed by atoms with Crippen LogP contribution in [-0.2, 0) is 11.3 Å². The van der Waals surface area contributed by atoms with Crippen molar-refractivity contribution in [1.82, 2.24) is 15.2 Å². The maximum atomic E-state index is 12.0. The van der Waals surface area contributed by atoms with Crippen LogP contribution in [0.1, 0.15) is 30.0 Å². The molecule has 1 aliphatic rings. The molecule has 0 unspecified atom stereocenters. The number of thiazole rings is 1. The molecule has 0 spiro atoms. The summed E-state index contributed by atoms with van der Waals surface area (Å²) < 4.78 is 0. The van der Waals surface area contributed by atoms with Crippen LogP contribution in [0.2, 0.25) is 0 Å². The Labute approximate surface area is 121 Å². The minimum atomic E-state index is -0.818. The molecule has 1 aromatic rings. The summed E-state index contributed by atoms with van der Waals surface area (Å²) in [6.07, 6.45) is 2.19. The predicted octanol–water partition coefficient (Wildman–Crippen LogP) is 1.85. The number of rotatable bonds is 5. The summed E-state index contributed by atoms with van der Waals surface area (Å²) in [5.74, 6) is -0.818. The number of urea groups is 1. The largest absolute Gasteiger partial charge is 0.481 e. The summed E-state index contributed by atoms with van der Waals surface area (Å²) in [5.41, 5.74) is 0.0926. The average molecular weight is 297 g/mol. The molecule has 1 aliphatic carbocycles. The van der Waals surface area contributed by atoms with Gasteiger partial charge in [-0.25, -0.2) is 9.78 Å². The third-order valence-electron chi connectivity index (χ3n) is 3.75. The van der Waals surface area contributed by atoms with Gasteiger partial charge in [0.15, 0.2) is 0 Å². The smallest absolute Gasteiger partial charge is 0.317 e. The van der Waals surface area contributed by atoms with E-state index in [9.17, 15) is 14.7 Å². The van der Waals surface area contributed by atoms with E-state index in [1.165, 1.54) is 4.90 Å². The van der Waals surface area contributed by atoms with Gasteiger partial charge in [0.05, 0.1) is 22.7 Å². The topological polar surface area (TPSA) is 82.5 Å². The molecule has 7 heteroatoms. The van der Waals surface area contributed by atoms with E-state index in [4.69, 9.17) is 0 Å². The number of carboxylic acid groups (broad SMARTS) is 1. The van der Waals surface area contributed by atoms with Crippen LogP contribution in [0, 0.1) is 12.3 Å². The number of nitrogens with one attached hydrogen (secondary N) is 1. The summed E-state index contributed by atoms with van der Waals surface area (Å²) in [7, 11) is 1.68. The van der Waals surface area contributed by atoms with E-state index in [-0.39, 0.29) is 12.6 Å². The summed E-state index contributed by atoms with van der Waals surface area (Å²) in [6.45, 7) is 2.54. The zero-order valence-electron chi connectivity index (χ0n) is 11.7. The highest BCUT2D eigenvalue weighted by Gasteiger charge is 2.44. The number of carbonyl (C=O) groups excluding carboxylic acids is 1. The zero-order valence-corrected chi connectivity index (χ0v) is 12.5. The first-order valence-electron chi connectivity index (χ1n) is 6.56. The maximum Gasteiger partial charge on any atom is 0.317 e. The summed E-state index contributed by atoms with van der Waals surface area (Å²) >= 11 is 1.55. The molecule has 0 bridgehead atoms. The first-order valence-corrected chi connectivity index (χ1v) is 7.44. The van der Waals surface area contributed by atoms with Gasteiger partial charge in [0.2, 0.25) is 0 Å². The van der Waals surface area contributed by atoms with Crippen LogP contribution >= 0.6 is 11.3 Å². The lowest BCUT2D eigenvalue weighted by Gasteiger charge is -2.37. The van der Waals surface area contributed by atoms with E-state index in [0.29, 0.717) is 19.4 Å². The minimum absolute atomic E-state index is 0.196. The van der Waals surface area contributed by atoms with Crippen LogP contribution in [0.25, 0.3) is 0 Å².